The van der Waals surface area contributed by atoms with Crippen molar-refractivity contribution < 1.29 is 14.3 Å². The molecule has 0 saturated heterocycles. The van der Waals surface area contributed by atoms with Gasteiger partial charge in [-0.05, 0) is 42.7 Å². The van der Waals surface area contributed by atoms with Gasteiger partial charge in [0.1, 0.15) is 11.5 Å². The van der Waals surface area contributed by atoms with Gasteiger partial charge in [-0.15, -0.1) is 0 Å². The molecule has 1 fully saturated rings. The molecule has 5 nitrogen and oxygen atoms in total. The lowest BCUT2D eigenvalue weighted by atomic mass is 9.72. The van der Waals surface area contributed by atoms with Gasteiger partial charge in [-0.3, -0.25) is 4.79 Å². The number of nitrogens with one attached hydrogen (secondary N) is 1. The van der Waals surface area contributed by atoms with E-state index in [9.17, 15) is 4.79 Å². The molecule has 0 bridgehead atoms. The van der Waals surface area contributed by atoms with Crippen molar-refractivity contribution in [1.82, 2.24) is 5.43 Å². The molecule has 1 aromatic carbocycles. The molecule has 2 rings (SSSR count). The first kappa shape index (κ1) is 17.3. The van der Waals surface area contributed by atoms with E-state index in [4.69, 9.17) is 9.47 Å². The maximum Gasteiger partial charge on any atom is 0.277 e. The third-order valence-electron chi connectivity index (χ3n) is 3.92. The van der Waals surface area contributed by atoms with Crippen LogP contribution in [0.3, 0.4) is 0 Å². The summed E-state index contributed by atoms with van der Waals surface area (Å²) in [5.74, 6) is 1.64. The Kier molecular flexibility index (Phi) is 5.64. The van der Waals surface area contributed by atoms with Crippen molar-refractivity contribution in [1.29, 1.82) is 0 Å². The fraction of sp³-hybridized carbons (Fsp3) is 0.556. The molecule has 1 aromatic rings. The number of benzene rings is 1. The van der Waals surface area contributed by atoms with Gasteiger partial charge in [-0.2, -0.15) is 5.10 Å². The Bertz CT molecular complexity index is 581. The Morgan fingerprint density at radius 2 is 2.13 bits per heavy atom. The van der Waals surface area contributed by atoms with E-state index in [0.29, 0.717) is 17.4 Å². The normalized spacial score (nSPS) is 21.7. The van der Waals surface area contributed by atoms with Crippen molar-refractivity contribution in [2.24, 2.45) is 16.4 Å². The third kappa shape index (κ3) is 5.58. The number of nitrogens with zero attached hydrogens (tertiary/aromatic N) is 1. The Morgan fingerprint density at radius 3 is 2.83 bits per heavy atom. The molecular formula is C18H26N2O3. The van der Waals surface area contributed by atoms with Crippen LogP contribution in [-0.2, 0) is 4.79 Å². The van der Waals surface area contributed by atoms with Crippen molar-refractivity contribution in [3.8, 4) is 11.5 Å². The zero-order chi connectivity index (χ0) is 16.9. The molecule has 1 aliphatic rings. The number of carbonyl (C=O) groups is 1. The summed E-state index contributed by atoms with van der Waals surface area (Å²) in [5.41, 5.74) is 3.91. The SMILES string of the molecule is COc1cccc(OCC(=O)N/N=C2\CC(C)CC(C)(C)C2)c1. The summed E-state index contributed by atoms with van der Waals surface area (Å²) < 4.78 is 10.6. The zero-order valence-corrected chi connectivity index (χ0v) is 14.4. The molecule has 23 heavy (non-hydrogen) atoms. The van der Waals surface area contributed by atoms with Crippen LogP contribution >= 0.6 is 0 Å². The number of hydrogen-bond donors (Lipinski definition) is 1. The van der Waals surface area contributed by atoms with Crippen LogP contribution < -0.4 is 14.9 Å². The van der Waals surface area contributed by atoms with Crippen molar-refractivity contribution in [3.63, 3.8) is 0 Å². The van der Waals surface area contributed by atoms with Crippen LogP contribution in [0, 0.1) is 11.3 Å². The summed E-state index contributed by atoms with van der Waals surface area (Å²) in [6, 6.07) is 7.17. The largest absolute Gasteiger partial charge is 0.497 e. The molecule has 0 radical (unpaired) electrons. The highest BCUT2D eigenvalue weighted by Crippen LogP contribution is 2.36. The number of amides is 1. The van der Waals surface area contributed by atoms with E-state index < -0.39 is 0 Å². The van der Waals surface area contributed by atoms with E-state index in [0.717, 1.165) is 18.6 Å². The lowest BCUT2D eigenvalue weighted by Gasteiger charge is -2.34. The third-order valence-corrected chi connectivity index (χ3v) is 3.92. The molecule has 0 spiro atoms. The quantitative estimate of drug-likeness (QED) is 0.847. The average Bonchev–Trinajstić information content (AvgIpc) is 2.49. The Hall–Kier alpha value is -2.04. The summed E-state index contributed by atoms with van der Waals surface area (Å²) in [5, 5.41) is 4.29. The molecule has 0 aliphatic heterocycles. The molecule has 1 amide bonds. The Balaban J connectivity index is 1.83. The second-order valence-electron chi connectivity index (χ2n) is 7.04. The lowest BCUT2D eigenvalue weighted by molar-refractivity contribution is -0.123. The van der Waals surface area contributed by atoms with E-state index in [2.05, 4.69) is 31.3 Å². The monoisotopic (exact) mass is 318 g/mol. The summed E-state index contributed by atoms with van der Waals surface area (Å²) in [7, 11) is 1.59. The second-order valence-corrected chi connectivity index (χ2v) is 7.04. The number of hydrogen-bond acceptors (Lipinski definition) is 4. The summed E-state index contributed by atoms with van der Waals surface area (Å²) in [4.78, 5) is 11.9. The standard InChI is InChI=1S/C18H26N2O3/c1-13-8-14(11-18(2,3)10-13)19-20-17(21)12-23-16-7-5-6-15(9-16)22-4/h5-7,9,13H,8,10-12H2,1-4H3,(H,20,21)/b19-14+. The molecule has 1 aliphatic carbocycles. The molecule has 126 valence electrons. The highest BCUT2D eigenvalue weighted by atomic mass is 16.5. The van der Waals surface area contributed by atoms with Crippen LogP contribution in [0.25, 0.3) is 0 Å². The van der Waals surface area contributed by atoms with Crippen LogP contribution in [0.5, 0.6) is 11.5 Å². The van der Waals surface area contributed by atoms with Crippen molar-refractivity contribution in [2.45, 2.75) is 40.0 Å². The van der Waals surface area contributed by atoms with E-state index in [-0.39, 0.29) is 17.9 Å². The number of ether oxygens (including phenoxy) is 2. The molecule has 1 N–H and O–H groups in total. The summed E-state index contributed by atoms with van der Waals surface area (Å²) in [6.45, 7) is 6.64. The maximum absolute atomic E-state index is 11.9. The number of hydrazone groups is 1. The van der Waals surface area contributed by atoms with E-state index in [1.54, 1.807) is 19.2 Å². The minimum atomic E-state index is -0.253. The van der Waals surface area contributed by atoms with Gasteiger partial charge in [-0.25, -0.2) is 5.43 Å². The Morgan fingerprint density at radius 1 is 1.39 bits per heavy atom. The van der Waals surface area contributed by atoms with Crippen molar-refractivity contribution in [3.05, 3.63) is 24.3 Å². The molecule has 1 unspecified atom stereocenters. The molecule has 0 aromatic heterocycles. The van der Waals surface area contributed by atoms with Gasteiger partial charge in [-0.1, -0.05) is 26.8 Å². The fourth-order valence-corrected chi connectivity index (χ4v) is 3.21. The van der Waals surface area contributed by atoms with Gasteiger partial charge in [0.05, 0.1) is 7.11 Å². The van der Waals surface area contributed by atoms with E-state index in [1.165, 1.54) is 6.42 Å². The van der Waals surface area contributed by atoms with Gasteiger partial charge in [0.2, 0.25) is 0 Å². The summed E-state index contributed by atoms with van der Waals surface area (Å²) in [6.07, 6.45) is 3.06. The van der Waals surface area contributed by atoms with Gasteiger partial charge in [0.25, 0.3) is 5.91 Å². The molecule has 1 saturated carbocycles. The minimum absolute atomic E-state index is 0.0666. The van der Waals surface area contributed by atoms with Gasteiger partial charge in [0.15, 0.2) is 6.61 Å². The Labute approximate surface area is 138 Å². The van der Waals surface area contributed by atoms with Crippen LogP contribution in [0.1, 0.15) is 40.0 Å². The van der Waals surface area contributed by atoms with Gasteiger partial charge < -0.3 is 9.47 Å². The first-order valence-electron chi connectivity index (χ1n) is 7.99. The lowest BCUT2D eigenvalue weighted by Crippen LogP contribution is -2.31. The fourth-order valence-electron chi connectivity index (χ4n) is 3.21. The van der Waals surface area contributed by atoms with Crippen LogP contribution in [-0.4, -0.2) is 25.3 Å². The van der Waals surface area contributed by atoms with Gasteiger partial charge >= 0.3 is 0 Å². The van der Waals surface area contributed by atoms with E-state index in [1.807, 2.05) is 12.1 Å². The zero-order valence-electron chi connectivity index (χ0n) is 14.4. The minimum Gasteiger partial charge on any atom is -0.497 e. The first-order valence-corrected chi connectivity index (χ1v) is 7.99. The molecule has 0 heterocycles. The van der Waals surface area contributed by atoms with Gasteiger partial charge in [0, 0.05) is 11.8 Å². The van der Waals surface area contributed by atoms with Crippen LogP contribution in [0.4, 0.5) is 0 Å². The van der Waals surface area contributed by atoms with Crippen LogP contribution in [0.15, 0.2) is 29.4 Å². The number of carbonyl (C=O) groups excluding carboxylic acids is 1. The predicted octanol–water partition coefficient (Wildman–Crippen LogP) is 3.39. The van der Waals surface area contributed by atoms with E-state index >= 15 is 0 Å². The highest BCUT2D eigenvalue weighted by molar-refractivity contribution is 5.87. The number of rotatable bonds is 5. The smallest absolute Gasteiger partial charge is 0.277 e. The molecule has 1 atom stereocenters. The number of methoxy groups -OCH3 is 1. The second kappa shape index (κ2) is 7.49. The van der Waals surface area contributed by atoms with Crippen molar-refractivity contribution >= 4 is 11.6 Å². The summed E-state index contributed by atoms with van der Waals surface area (Å²) >= 11 is 0. The van der Waals surface area contributed by atoms with Crippen LogP contribution in [0.2, 0.25) is 0 Å². The predicted molar refractivity (Wildman–Crippen MR) is 90.9 cm³/mol. The van der Waals surface area contributed by atoms with Crippen molar-refractivity contribution in [2.75, 3.05) is 13.7 Å². The highest BCUT2D eigenvalue weighted by Gasteiger charge is 2.29. The first-order chi connectivity index (χ1) is 10.9. The topological polar surface area (TPSA) is 59.9 Å². The molecular weight excluding hydrogens is 292 g/mol. The molecule has 5 heteroatoms. The average molecular weight is 318 g/mol. The maximum atomic E-state index is 11.9.